The Hall–Kier alpha value is -2.04. The Labute approximate surface area is 155 Å². The van der Waals surface area contributed by atoms with E-state index in [1.54, 1.807) is 0 Å². The lowest BCUT2D eigenvalue weighted by Gasteiger charge is -2.44. The molecule has 4 rings (SSSR count). The van der Waals surface area contributed by atoms with Gasteiger partial charge in [-0.2, -0.15) is 0 Å². The highest BCUT2D eigenvalue weighted by Gasteiger charge is 2.50. The molecule has 1 N–H and O–H groups in total. The predicted molar refractivity (Wildman–Crippen MR) is 102 cm³/mol. The first kappa shape index (κ1) is 17.4. The standard InChI is InChI=1S/C21H29N3O2/c25-19-21(12-7-14-24(19)18-10-5-2-6-11-18)13-15-23(16-21)20(26)22-17-8-3-1-4-9-17/h1,3-4,8-9,18H,2,5-7,10-16H2,(H,22,26). The van der Waals surface area contributed by atoms with Crippen molar-refractivity contribution in [3.8, 4) is 0 Å². The third kappa shape index (κ3) is 3.31. The van der Waals surface area contributed by atoms with Crippen molar-refractivity contribution >= 4 is 17.6 Å². The van der Waals surface area contributed by atoms with Crippen molar-refractivity contribution in [2.24, 2.45) is 5.41 Å². The topological polar surface area (TPSA) is 52.7 Å². The Morgan fingerprint density at radius 3 is 2.54 bits per heavy atom. The van der Waals surface area contributed by atoms with Crippen molar-refractivity contribution in [1.82, 2.24) is 9.80 Å². The van der Waals surface area contributed by atoms with Gasteiger partial charge in [0.1, 0.15) is 0 Å². The van der Waals surface area contributed by atoms with E-state index >= 15 is 0 Å². The molecule has 1 aromatic rings. The summed E-state index contributed by atoms with van der Waals surface area (Å²) in [6.07, 6.45) is 8.88. The van der Waals surface area contributed by atoms with E-state index in [4.69, 9.17) is 0 Å². The number of urea groups is 1. The number of nitrogens with zero attached hydrogens (tertiary/aromatic N) is 2. The average molecular weight is 355 g/mol. The molecule has 26 heavy (non-hydrogen) atoms. The van der Waals surface area contributed by atoms with Crippen molar-refractivity contribution in [3.63, 3.8) is 0 Å². The number of carbonyl (C=O) groups excluding carboxylic acids is 2. The summed E-state index contributed by atoms with van der Waals surface area (Å²) in [7, 11) is 0. The first-order valence-corrected chi connectivity index (χ1v) is 10.1. The van der Waals surface area contributed by atoms with Crippen molar-refractivity contribution in [3.05, 3.63) is 30.3 Å². The van der Waals surface area contributed by atoms with Crippen LogP contribution >= 0.6 is 0 Å². The molecule has 2 heterocycles. The number of hydrogen-bond acceptors (Lipinski definition) is 2. The number of para-hydroxylation sites is 1. The minimum atomic E-state index is -0.344. The number of nitrogens with one attached hydrogen (secondary N) is 1. The van der Waals surface area contributed by atoms with E-state index in [-0.39, 0.29) is 11.4 Å². The second-order valence-electron chi connectivity index (χ2n) is 8.14. The molecule has 0 radical (unpaired) electrons. The number of amides is 3. The van der Waals surface area contributed by atoms with Crippen LogP contribution in [-0.4, -0.2) is 47.4 Å². The van der Waals surface area contributed by atoms with Gasteiger partial charge in [0.2, 0.25) is 5.91 Å². The molecule has 5 heteroatoms. The molecule has 0 bridgehead atoms. The number of carbonyl (C=O) groups is 2. The van der Waals surface area contributed by atoms with Crippen LogP contribution in [0.2, 0.25) is 0 Å². The molecule has 1 atom stereocenters. The molecule has 5 nitrogen and oxygen atoms in total. The Balaban J connectivity index is 1.42. The van der Waals surface area contributed by atoms with Gasteiger partial charge in [0.25, 0.3) is 0 Å². The lowest BCUT2D eigenvalue weighted by molar-refractivity contribution is -0.149. The van der Waals surface area contributed by atoms with Gasteiger partial charge in [-0.05, 0) is 44.2 Å². The number of benzene rings is 1. The minimum absolute atomic E-state index is 0.0873. The van der Waals surface area contributed by atoms with Crippen molar-refractivity contribution in [2.45, 2.75) is 57.4 Å². The van der Waals surface area contributed by atoms with Crippen LogP contribution in [0.3, 0.4) is 0 Å². The summed E-state index contributed by atoms with van der Waals surface area (Å²) in [5.74, 6) is 0.311. The molecule has 1 saturated carbocycles. The van der Waals surface area contributed by atoms with Crippen LogP contribution in [0.1, 0.15) is 51.4 Å². The molecule has 1 unspecified atom stereocenters. The summed E-state index contributed by atoms with van der Waals surface area (Å²) >= 11 is 0. The van der Waals surface area contributed by atoms with Crippen LogP contribution in [-0.2, 0) is 4.79 Å². The van der Waals surface area contributed by atoms with Gasteiger partial charge in [-0.1, -0.05) is 37.5 Å². The molecule has 2 saturated heterocycles. The number of rotatable bonds is 2. The van der Waals surface area contributed by atoms with E-state index in [1.807, 2.05) is 35.2 Å². The Morgan fingerprint density at radius 1 is 1.00 bits per heavy atom. The maximum atomic E-state index is 13.3. The number of piperidine rings is 1. The van der Waals surface area contributed by atoms with E-state index < -0.39 is 0 Å². The molecule has 140 valence electrons. The average Bonchev–Trinajstić information content (AvgIpc) is 3.11. The van der Waals surface area contributed by atoms with Gasteiger partial charge in [-0.3, -0.25) is 4.79 Å². The highest BCUT2D eigenvalue weighted by Crippen LogP contribution is 2.42. The predicted octanol–water partition coefficient (Wildman–Crippen LogP) is 3.87. The summed E-state index contributed by atoms with van der Waals surface area (Å²) in [6.45, 7) is 2.14. The minimum Gasteiger partial charge on any atom is -0.339 e. The molecule has 1 aromatic carbocycles. The maximum Gasteiger partial charge on any atom is 0.321 e. The second-order valence-corrected chi connectivity index (χ2v) is 8.14. The van der Waals surface area contributed by atoms with Gasteiger partial charge >= 0.3 is 6.03 Å². The van der Waals surface area contributed by atoms with Gasteiger partial charge in [0.05, 0.1) is 5.41 Å². The molecular formula is C21H29N3O2. The summed E-state index contributed by atoms with van der Waals surface area (Å²) in [5, 5.41) is 2.96. The van der Waals surface area contributed by atoms with Crippen LogP contribution in [0.4, 0.5) is 10.5 Å². The quantitative estimate of drug-likeness (QED) is 0.876. The van der Waals surface area contributed by atoms with Gasteiger partial charge < -0.3 is 15.1 Å². The first-order valence-electron chi connectivity index (χ1n) is 10.1. The van der Waals surface area contributed by atoms with Crippen LogP contribution in [0.15, 0.2) is 30.3 Å². The van der Waals surface area contributed by atoms with Crippen LogP contribution in [0.25, 0.3) is 0 Å². The Kier molecular flexibility index (Phi) is 4.88. The number of hydrogen-bond donors (Lipinski definition) is 1. The lowest BCUT2D eigenvalue weighted by atomic mass is 9.77. The van der Waals surface area contributed by atoms with E-state index in [2.05, 4.69) is 10.2 Å². The van der Waals surface area contributed by atoms with Crippen molar-refractivity contribution in [2.75, 3.05) is 25.0 Å². The first-order chi connectivity index (χ1) is 12.7. The molecule has 1 spiro atoms. The monoisotopic (exact) mass is 355 g/mol. The highest BCUT2D eigenvalue weighted by molar-refractivity contribution is 5.91. The third-order valence-electron chi connectivity index (χ3n) is 6.45. The second kappa shape index (κ2) is 7.29. The van der Waals surface area contributed by atoms with Crippen LogP contribution < -0.4 is 5.32 Å². The largest absolute Gasteiger partial charge is 0.339 e. The molecular weight excluding hydrogens is 326 g/mol. The van der Waals surface area contributed by atoms with Crippen molar-refractivity contribution in [1.29, 1.82) is 0 Å². The summed E-state index contributed by atoms with van der Waals surface area (Å²) in [4.78, 5) is 30.0. The van der Waals surface area contributed by atoms with E-state index in [0.717, 1.165) is 44.3 Å². The molecule has 3 aliphatic rings. The van der Waals surface area contributed by atoms with Crippen molar-refractivity contribution < 1.29 is 9.59 Å². The zero-order valence-corrected chi connectivity index (χ0v) is 15.5. The summed E-state index contributed by atoms with van der Waals surface area (Å²) < 4.78 is 0. The van der Waals surface area contributed by atoms with E-state index in [1.165, 1.54) is 19.3 Å². The Morgan fingerprint density at radius 2 is 1.77 bits per heavy atom. The number of likely N-dealkylation sites (tertiary alicyclic amines) is 2. The molecule has 3 amide bonds. The third-order valence-corrected chi connectivity index (χ3v) is 6.45. The molecule has 0 aromatic heterocycles. The fraction of sp³-hybridized carbons (Fsp3) is 0.619. The van der Waals surface area contributed by atoms with Gasteiger partial charge in [-0.25, -0.2) is 4.79 Å². The smallest absolute Gasteiger partial charge is 0.321 e. The van der Waals surface area contributed by atoms with E-state index in [0.29, 0.717) is 25.0 Å². The van der Waals surface area contributed by atoms with E-state index in [9.17, 15) is 9.59 Å². The molecule has 1 aliphatic carbocycles. The maximum absolute atomic E-state index is 13.3. The Bertz CT molecular complexity index is 656. The van der Waals surface area contributed by atoms with Gasteiger partial charge in [0.15, 0.2) is 0 Å². The molecule has 2 aliphatic heterocycles. The molecule has 3 fully saturated rings. The zero-order valence-electron chi connectivity index (χ0n) is 15.5. The fourth-order valence-electron chi connectivity index (χ4n) is 4.99. The van der Waals surface area contributed by atoms with Gasteiger partial charge in [-0.15, -0.1) is 0 Å². The SMILES string of the molecule is O=C(Nc1ccccc1)N1CCC2(CCCN(C3CCCCC3)C2=O)C1. The summed E-state index contributed by atoms with van der Waals surface area (Å²) in [6, 6.07) is 9.87. The van der Waals surface area contributed by atoms with Crippen LogP contribution in [0.5, 0.6) is 0 Å². The normalized spacial score (nSPS) is 27.2. The van der Waals surface area contributed by atoms with Crippen LogP contribution in [0, 0.1) is 5.41 Å². The number of anilines is 1. The highest BCUT2D eigenvalue weighted by atomic mass is 16.2. The van der Waals surface area contributed by atoms with Gasteiger partial charge in [0, 0.05) is 31.4 Å². The summed E-state index contributed by atoms with van der Waals surface area (Å²) in [5.41, 5.74) is 0.459. The fourth-order valence-corrected chi connectivity index (χ4v) is 4.99. The lowest BCUT2D eigenvalue weighted by Crippen LogP contribution is -2.54. The zero-order chi connectivity index (χ0) is 18.0.